The average Bonchev–Trinajstić information content (AvgIpc) is 2.39. The van der Waals surface area contributed by atoms with Crippen LogP contribution in [0.3, 0.4) is 0 Å². The zero-order valence-corrected chi connectivity index (χ0v) is 11.5. The number of hydrogen-bond donors (Lipinski definition) is 0. The van der Waals surface area contributed by atoms with E-state index in [1.54, 1.807) is 18.5 Å². The van der Waals surface area contributed by atoms with Gasteiger partial charge in [0.05, 0.1) is 7.11 Å². The van der Waals surface area contributed by atoms with E-state index in [1.807, 2.05) is 18.2 Å². The van der Waals surface area contributed by atoms with Gasteiger partial charge in [-0.25, -0.2) is 4.39 Å². The molecule has 0 fully saturated rings. The maximum absolute atomic E-state index is 13.6. The van der Waals surface area contributed by atoms with E-state index in [-0.39, 0.29) is 16.4 Å². The first-order valence-electron chi connectivity index (χ1n) is 5.57. The monoisotopic (exact) mass is 309 g/mol. The van der Waals surface area contributed by atoms with Crippen LogP contribution in [0.2, 0.25) is 0 Å². The number of ether oxygens (including phenoxy) is 1. The van der Waals surface area contributed by atoms with Gasteiger partial charge < -0.3 is 4.74 Å². The van der Waals surface area contributed by atoms with E-state index in [0.29, 0.717) is 0 Å². The summed E-state index contributed by atoms with van der Waals surface area (Å²) in [5.74, 6) is -0.0726. The van der Waals surface area contributed by atoms with Gasteiger partial charge in [-0.3, -0.25) is 4.98 Å². The fraction of sp³-hybridized carbons (Fsp3) is 0.214. The number of rotatable bonds is 4. The lowest BCUT2D eigenvalue weighted by atomic mass is 10.0. The molecule has 94 valence electrons. The molecule has 4 heteroatoms. The van der Waals surface area contributed by atoms with Crippen LogP contribution in [-0.2, 0) is 6.42 Å². The first-order chi connectivity index (χ1) is 8.70. The molecule has 0 aliphatic rings. The summed E-state index contributed by atoms with van der Waals surface area (Å²) in [6, 6.07) is 8.91. The molecule has 1 aromatic carbocycles. The van der Waals surface area contributed by atoms with Crippen molar-refractivity contribution in [3.05, 3.63) is 59.7 Å². The van der Waals surface area contributed by atoms with Gasteiger partial charge in [0.2, 0.25) is 0 Å². The lowest BCUT2D eigenvalue weighted by molar-refractivity contribution is 0.386. The Morgan fingerprint density at radius 3 is 2.61 bits per heavy atom. The summed E-state index contributed by atoms with van der Waals surface area (Å²) in [6.45, 7) is 0. The van der Waals surface area contributed by atoms with Gasteiger partial charge >= 0.3 is 0 Å². The molecule has 1 atom stereocenters. The first kappa shape index (κ1) is 13.0. The smallest absolute Gasteiger partial charge is 0.165 e. The molecule has 0 amide bonds. The molecular weight excluding hydrogens is 297 g/mol. The number of pyridine rings is 1. The van der Waals surface area contributed by atoms with E-state index in [9.17, 15) is 4.39 Å². The second-order valence-corrected chi connectivity index (χ2v) is 5.03. The minimum Gasteiger partial charge on any atom is -0.494 e. The third kappa shape index (κ3) is 3.07. The Balaban J connectivity index is 2.14. The van der Waals surface area contributed by atoms with Crippen LogP contribution in [0.25, 0.3) is 0 Å². The van der Waals surface area contributed by atoms with Crippen LogP contribution >= 0.6 is 15.9 Å². The quantitative estimate of drug-likeness (QED) is 0.799. The fourth-order valence-corrected chi connectivity index (χ4v) is 2.38. The molecule has 0 aliphatic heterocycles. The number of benzene rings is 1. The van der Waals surface area contributed by atoms with Crippen molar-refractivity contribution >= 4 is 15.9 Å². The Kier molecular flexibility index (Phi) is 4.31. The predicted molar refractivity (Wildman–Crippen MR) is 72.6 cm³/mol. The van der Waals surface area contributed by atoms with Crippen molar-refractivity contribution in [2.45, 2.75) is 11.2 Å². The molecule has 0 saturated heterocycles. The van der Waals surface area contributed by atoms with Gasteiger partial charge in [-0.05, 0) is 41.8 Å². The molecule has 0 bridgehead atoms. The molecular formula is C14H13BrFNO. The summed E-state index contributed by atoms with van der Waals surface area (Å²) in [5.41, 5.74) is 2.05. The van der Waals surface area contributed by atoms with E-state index >= 15 is 0 Å². The number of nitrogens with zero attached hydrogens (tertiary/aromatic N) is 1. The molecule has 2 rings (SSSR count). The normalized spacial score (nSPS) is 12.2. The Morgan fingerprint density at radius 2 is 2.00 bits per heavy atom. The zero-order valence-electron chi connectivity index (χ0n) is 9.94. The van der Waals surface area contributed by atoms with E-state index in [4.69, 9.17) is 4.74 Å². The highest BCUT2D eigenvalue weighted by Crippen LogP contribution is 2.29. The predicted octanol–water partition coefficient (Wildman–Crippen LogP) is 3.91. The van der Waals surface area contributed by atoms with Crippen LogP contribution in [0.15, 0.2) is 42.7 Å². The van der Waals surface area contributed by atoms with Gasteiger partial charge in [0.15, 0.2) is 11.6 Å². The lowest BCUT2D eigenvalue weighted by Crippen LogP contribution is -1.97. The summed E-state index contributed by atoms with van der Waals surface area (Å²) in [7, 11) is 1.46. The number of alkyl halides is 1. The van der Waals surface area contributed by atoms with Crippen LogP contribution in [0.4, 0.5) is 4.39 Å². The van der Waals surface area contributed by atoms with Gasteiger partial charge in [-0.2, -0.15) is 0 Å². The summed E-state index contributed by atoms with van der Waals surface area (Å²) in [6.07, 6.45) is 4.29. The largest absolute Gasteiger partial charge is 0.494 e. The van der Waals surface area contributed by atoms with Gasteiger partial charge in [0.1, 0.15) is 0 Å². The minimum absolute atomic E-state index is 0.0697. The van der Waals surface area contributed by atoms with Crippen molar-refractivity contribution in [3.63, 3.8) is 0 Å². The summed E-state index contributed by atoms with van der Waals surface area (Å²) in [4.78, 5) is 4.04. The maximum atomic E-state index is 13.6. The summed E-state index contributed by atoms with van der Waals surface area (Å²) in [5, 5.41) is 0. The zero-order chi connectivity index (χ0) is 13.0. The van der Waals surface area contributed by atoms with Crippen LogP contribution in [0.5, 0.6) is 5.75 Å². The molecule has 1 unspecified atom stereocenters. The van der Waals surface area contributed by atoms with Crippen LogP contribution < -0.4 is 4.74 Å². The van der Waals surface area contributed by atoms with Crippen molar-refractivity contribution in [2.24, 2.45) is 0 Å². The molecule has 0 N–H and O–H groups in total. The number of hydrogen-bond acceptors (Lipinski definition) is 2. The minimum atomic E-state index is -0.339. The molecule has 18 heavy (non-hydrogen) atoms. The van der Waals surface area contributed by atoms with Crippen molar-refractivity contribution in [1.82, 2.24) is 4.98 Å². The lowest BCUT2D eigenvalue weighted by Gasteiger charge is -2.11. The van der Waals surface area contributed by atoms with Gasteiger partial charge in [0, 0.05) is 17.2 Å². The van der Waals surface area contributed by atoms with E-state index in [0.717, 1.165) is 17.5 Å². The van der Waals surface area contributed by atoms with Crippen molar-refractivity contribution in [1.29, 1.82) is 0 Å². The highest BCUT2D eigenvalue weighted by Gasteiger charge is 2.11. The SMILES string of the molecule is COc1ccc(C(Br)Cc2ccncc2)cc1F. The highest BCUT2D eigenvalue weighted by molar-refractivity contribution is 9.09. The first-order valence-corrected chi connectivity index (χ1v) is 6.48. The van der Waals surface area contributed by atoms with E-state index < -0.39 is 0 Å². The Morgan fingerprint density at radius 1 is 1.28 bits per heavy atom. The van der Waals surface area contributed by atoms with Crippen LogP contribution in [-0.4, -0.2) is 12.1 Å². The van der Waals surface area contributed by atoms with Crippen molar-refractivity contribution in [3.8, 4) is 5.75 Å². The molecule has 2 aromatic rings. The Hall–Kier alpha value is -1.42. The number of methoxy groups -OCH3 is 1. The van der Waals surface area contributed by atoms with Gasteiger partial charge in [-0.1, -0.05) is 22.0 Å². The van der Waals surface area contributed by atoms with Crippen molar-refractivity contribution < 1.29 is 9.13 Å². The Bertz CT molecular complexity index is 518. The van der Waals surface area contributed by atoms with Crippen LogP contribution in [0.1, 0.15) is 16.0 Å². The standard InChI is InChI=1S/C14H13BrFNO/c1-18-14-3-2-11(9-13(14)16)12(15)8-10-4-6-17-7-5-10/h2-7,9,12H,8H2,1H3. The number of aromatic nitrogens is 1. The molecule has 0 spiro atoms. The second-order valence-electron chi connectivity index (χ2n) is 3.92. The summed E-state index contributed by atoms with van der Waals surface area (Å²) >= 11 is 3.58. The van der Waals surface area contributed by atoms with Crippen molar-refractivity contribution in [2.75, 3.05) is 7.11 Å². The molecule has 1 aromatic heterocycles. The molecule has 1 heterocycles. The van der Waals surface area contributed by atoms with Gasteiger partial charge in [0.25, 0.3) is 0 Å². The van der Waals surface area contributed by atoms with E-state index in [2.05, 4.69) is 20.9 Å². The summed E-state index contributed by atoms with van der Waals surface area (Å²) < 4.78 is 18.5. The molecule has 0 aliphatic carbocycles. The number of halogens is 2. The second kappa shape index (κ2) is 5.96. The van der Waals surface area contributed by atoms with Crippen LogP contribution in [0, 0.1) is 5.82 Å². The molecule has 2 nitrogen and oxygen atoms in total. The third-order valence-electron chi connectivity index (χ3n) is 2.70. The van der Waals surface area contributed by atoms with Gasteiger partial charge in [-0.15, -0.1) is 0 Å². The maximum Gasteiger partial charge on any atom is 0.165 e. The fourth-order valence-electron chi connectivity index (χ4n) is 1.72. The Labute approximate surface area is 114 Å². The average molecular weight is 310 g/mol. The highest BCUT2D eigenvalue weighted by atomic mass is 79.9. The third-order valence-corrected chi connectivity index (χ3v) is 3.55. The molecule has 0 saturated carbocycles. The topological polar surface area (TPSA) is 22.1 Å². The molecule has 0 radical (unpaired) electrons. The van der Waals surface area contributed by atoms with E-state index in [1.165, 1.54) is 13.2 Å².